The fourth-order valence-electron chi connectivity index (χ4n) is 12.1. The largest absolute Gasteiger partial charge is 0.472 e. The van der Waals surface area contributed by atoms with Crippen LogP contribution in [0.4, 0.5) is 0 Å². The monoisotopic (exact) mass is 1440 g/mol. The Balaban J connectivity index is 5.22. The number of hydrogen-bond acceptors (Lipinski definition) is 15. The maximum atomic E-state index is 13.1. The number of aliphatic hydroxyl groups excluding tert-OH is 1. The Hall–Kier alpha value is -1.94. The van der Waals surface area contributed by atoms with E-state index in [2.05, 4.69) is 48.5 Å². The van der Waals surface area contributed by atoms with Crippen molar-refractivity contribution < 1.29 is 80.2 Å². The lowest BCUT2D eigenvalue weighted by Crippen LogP contribution is -2.30. The summed E-state index contributed by atoms with van der Waals surface area (Å²) < 4.78 is 68.6. The minimum atomic E-state index is -4.96. The molecule has 0 spiro atoms. The molecule has 0 saturated heterocycles. The van der Waals surface area contributed by atoms with Crippen molar-refractivity contribution in [3.63, 3.8) is 0 Å². The Morgan fingerprint density at radius 3 is 0.776 bits per heavy atom. The fourth-order valence-corrected chi connectivity index (χ4v) is 13.7. The molecular formula is C79H154O17P2. The lowest BCUT2D eigenvalue weighted by Gasteiger charge is -2.21. The summed E-state index contributed by atoms with van der Waals surface area (Å²) in [6, 6.07) is 0. The van der Waals surface area contributed by atoms with E-state index in [4.69, 9.17) is 37.0 Å². The van der Waals surface area contributed by atoms with Gasteiger partial charge in [0.05, 0.1) is 26.4 Å². The van der Waals surface area contributed by atoms with Crippen LogP contribution in [-0.4, -0.2) is 96.7 Å². The zero-order valence-corrected chi connectivity index (χ0v) is 66.0. The van der Waals surface area contributed by atoms with Gasteiger partial charge < -0.3 is 33.8 Å². The zero-order chi connectivity index (χ0) is 72.3. The van der Waals surface area contributed by atoms with Gasteiger partial charge in [-0.25, -0.2) is 9.13 Å². The third kappa shape index (κ3) is 71.1. The Kier molecular flexibility index (Phi) is 68.1. The van der Waals surface area contributed by atoms with Gasteiger partial charge in [0.1, 0.15) is 19.3 Å². The van der Waals surface area contributed by atoms with Gasteiger partial charge in [-0.1, -0.05) is 357 Å². The summed E-state index contributed by atoms with van der Waals surface area (Å²) >= 11 is 0. The maximum Gasteiger partial charge on any atom is 0.472 e. The second-order valence-electron chi connectivity index (χ2n) is 29.6. The second-order valence-corrected chi connectivity index (χ2v) is 32.6. The van der Waals surface area contributed by atoms with Gasteiger partial charge in [-0.3, -0.25) is 37.3 Å². The average molecular weight is 1440 g/mol. The first-order valence-corrected chi connectivity index (χ1v) is 43.9. The number of phosphoric ester groups is 2. The quantitative estimate of drug-likeness (QED) is 0.0222. The molecule has 0 bridgehead atoms. The molecule has 3 N–H and O–H groups in total. The van der Waals surface area contributed by atoms with Gasteiger partial charge in [0.25, 0.3) is 0 Å². The number of carbonyl (C=O) groups is 4. The predicted octanol–water partition coefficient (Wildman–Crippen LogP) is 23.4. The molecule has 0 rings (SSSR count). The summed E-state index contributed by atoms with van der Waals surface area (Å²) in [6.45, 7) is 11.9. The minimum Gasteiger partial charge on any atom is -0.462 e. The van der Waals surface area contributed by atoms with Crippen LogP contribution >= 0.6 is 15.6 Å². The Morgan fingerprint density at radius 2 is 0.520 bits per heavy atom. The molecule has 0 saturated carbocycles. The summed E-state index contributed by atoms with van der Waals surface area (Å²) in [4.78, 5) is 72.9. The molecule has 0 aromatic heterocycles. The number of aliphatic hydroxyl groups is 1. The molecule has 3 unspecified atom stereocenters. The van der Waals surface area contributed by atoms with Gasteiger partial charge in [-0.15, -0.1) is 0 Å². The third-order valence-corrected chi connectivity index (χ3v) is 20.6. The Morgan fingerprint density at radius 1 is 0.296 bits per heavy atom. The highest BCUT2D eigenvalue weighted by atomic mass is 31.2. The predicted molar refractivity (Wildman–Crippen MR) is 400 cm³/mol. The van der Waals surface area contributed by atoms with Crippen LogP contribution in [-0.2, 0) is 65.4 Å². The number of carbonyl (C=O) groups excluding carboxylic acids is 4. The molecule has 17 nitrogen and oxygen atoms in total. The number of phosphoric acid groups is 2. The van der Waals surface area contributed by atoms with Crippen LogP contribution in [0, 0.1) is 17.8 Å². The number of rotatable bonds is 77. The SMILES string of the molecule is CCCCCCCCCCCCCCCCCCCCCCC(=O)O[C@H](COC(=O)CCCCCCCCCCCCCCCCC(C)C)COP(=O)(O)OC[C@@H](O)COP(=O)(O)OC[C@@H](COC(=O)CCCCCCCCC(C)CC)OC(=O)CCCCCCCCCCC(C)C. The first kappa shape index (κ1) is 96.1. The Bertz CT molecular complexity index is 1910. The summed E-state index contributed by atoms with van der Waals surface area (Å²) in [5.74, 6) is 0.131. The van der Waals surface area contributed by atoms with E-state index in [0.717, 1.165) is 114 Å². The molecule has 582 valence electrons. The van der Waals surface area contributed by atoms with Crippen LogP contribution in [0.25, 0.3) is 0 Å². The van der Waals surface area contributed by atoms with Crippen LogP contribution in [0.3, 0.4) is 0 Å². The minimum absolute atomic E-state index is 0.104. The molecule has 0 fully saturated rings. The van der Waals surface area contributed by atoms with Gasteiger partial charge >= 0.3 is 39.5 Å². The number of esters is 4. The van der Waals surface area contributed by atoms with E-state index in [1.807, 2.05) is 0 Å². The molecule has 19 heteroatoms. The summed E-state index contributed by atoms with van der Waals surface area (Å²) in [5, 5.41) is 10.6. The summed E-state index contributed by atoms with van der Waals surface area (Å²) in [6.07, 6.45) is 57.1. The molecule has 0 radical (unpaired) electrons. The lowest BCUT2D eigenvalue weighted by molar-refractivity contribution is -0.161. The average Bonchev–Trinajstić information content (AvgIpc) is 1.15. The molecule has 6 atom stereocenters. The van der Waals surface area contributed by atoms with Crippen LogP contribution < -0.4 is 0 Å². The highest BCUT2D eigenvalue weighted by Crippen LogP contribution is 2.45. The van der Waals surface area contributed by atoms with Crippen LogP contribution in [0.5, 0.6) is 0 Å². The van der Waals surface area contributed by atoms with Crippen LogP contribution in [0.1, 0.15) is 408 Å². The smallest absolute Gasteiger partial charge is 0.462 e. The molecule has 98 heavy (non-hydrogen) atoms. The molecule has 0 aliphatic carbocycles. The fraction of sp³-hybridized carbons (Fsp3) is 0.949. The first-order valence-electron chi connectivity index (χ1n) is 40.9. The molecule has 0 heterocycles. The lowest BCUT2D eigenvalue weighted by atomic mass is 10.00. The Labute approximate surface area is 600 Å². The van der Waals surface area contributed by atoms with Gasteiger partial charge in [0.15, 0.2) is 12.2 Å². The van der Waals surface area contributed by atoms with E-state index in [1.165, 1.54) is 212 Å². The van der Waals surface area contributed by atoms with Crippen molar-refractivity contribution in [2.24, 2.45) is 17.8 Å². The number of unbranched alkanes of at least 4 members (excludes halogenated alkanes) is 44. The van der Waals surface area contributed by atoms with Crippen molar-refractivity contribution in [1.82, 2.24) is 0 Å². The molecule has 0 aliphatic rings. The highest BCUT2D eigenvalue weighted by Gasteiger charge is 2.30. The highest BCUT2D eigenvalue weighted by molar-refractivity contribution is 7.47. The van der Waals surface area contributed by atoms with Gasteiger partial charge in [-0.05, 0) is 43.4 Å². The van der Waals surface area contributed by atoms with E-state index in [0.29, 0.717) is 25.7 Å². The van der Waals surface area contributed by atoms with Crippen molar-refractivity contribution in [3.8, 4) is 0 Å². The van der Waals surface area contributed by atoms with Crippen molar-refractivity contribution >= 4 is 39.5 Å². The van der Waals surface area contributed by atoms with Crippen molar-refractivity contribution in [1.29, 1.82) is 0 Å². The molecule has 0 aromatic rings. The maximum absolute atomic E-state index is 13.1. The molecule has 0 amide bonds. The van der Waals surface area contributed by atoms with Crippen molar-refractivity contribution in [2.45, 2.75) is 426 Å². The molecule has 0 aromatic carbocycles. The van der Waals surface area contributed by atoms with E-state index in [9.17, 15) is 43.2 Å². The molecular weight excluding hydrogens is 1280 g/mol. The van der Waals surface area contributed by atoms with Crippen molar-refractivity contribution in [2.75, 3.05) is 39.6 Å². The normalized spacial score (nSPS) is 14.3. The van der Waals surface area contributed by atoms with Gasteiger partial charge in [0.2, 0.25) is 0 Å². The van der Waals surface area contributed by atoms with E-state index < -0.39 is 97.5 Å². The topological polar surface area (TPSA) is 237 Å². The van der Waals surface area contributed by atoms with E-state index >= 15 is 0 Å². The van der Waals surface area contributed by atoms with Crippen LogP contribution in [0.2, 0.25) is 0 Å². The standard InChI is InChI=1S/C79H154O17P2/c1-8-10-11-12-13-14-15-16-17-18-19-20-21-22-27-30-33-39-48-55-62-78(83)95-74(66-89-76(81)60-53-46-38-32-29-26-24-23-25-28-31-36-43-50-57-70(3)4)68-93-97(85,86)91-64-73(80)65-92-98(87,88)94-69-75(67-90-77(82)61-54-47-42-41-45-52-59-72(7)9-2)96-79(84)63-56-49-40-35-34-37-44-51-58-71(5)6/h70-75,80H,8-69H2,1-7H3,(H,85,86)(H,87,88)/t72?,73-,74-,75-/m1/s1. The van der Waals surface area contributed by atoms with E-state index in [1.54, 1.807) is 0 Å². The number of ether oxygens (including phenoxy) is 4. The first-order chi connectivity index (χ1) is 47.3. The zero-order valence-electron chi connectivity index (χ0n) is 64.3. The number of hydrogen-bond donors (Lipinski definition) is 3. The van der Waals surface area contributed by atoms with Gasteiger partial charge in [-0.2, -0.15) is 0 Å². The molecule has 0 aliphatic heterocycles. The summed E-state index contributed by atoms with van der Waals surface area (Å²) in [7, 11) is -9.92. The van der Waals surface area contributed by atoms with Gasteiger partial charge in [0, 0.05) is 25.7 Å². The summed E-state index contributed by atoms with van der Waals surface area (Å²) in [5.41, 5.74) is 0. The van der Waals surface area contributed by atoms with Crippen molar-refractivity contribution in [3.05, 3.63) is 0 Å². The van der Waals surface area contributed by atoms with Crippen LogP contribution in [0.15, 0.2) is 0 Å². The third-order valence-electron chi connectivity index (χ3n) is 18.7. The second kappa shape index (κ2) is 69.4. The van der Waals surface area contributed by atoms with E-state index in [-0.39, 0.29) is 25.7 Å².